The molecule has 0 aliphatic carbocycles. The number of benzene rings is 1. The number of carbonyl (C=O) groups excluding carboxylic acids is 1. The summed E-state index contributed by atoms with van der Waals surface area (Å²) < 4.78 is 16.4. The normalized spacial score (nSPS) is 20.2. The molecule has 6 nitrogen and oxygen atoms in total. The fourth-order valence-corrected chi connectivity index (χ4v) is 2.86. The van der Waals surface area contributed by atoms with Crippen LogP contribution in [0.25, 0.3) is 0 Å². The van der Waals surface area contributed by atoms with E-state index in [1.54, 1.807) is 7.11 Å². The van der Waals surface area contributed by atoms with Crippen LogP contribution < -0.4 is 27.2 Å². The van der Waals surface area contributed by atoms with E-state index in [4.69, 9.17) is 14.2 Å². The highest BCUT2D eigenvalue weighted by Crippen LogP contribution is 2.37. The van der Waals surface area contributed by atoms with Gasteiger partial charge in [-0.05, 0) is 13.0 Å². The minimum absolute atomic E-state index is 0. The lowest BCUT2D eigenvalue weighted by Gasteiger charge is -2.26. The molecule has 2 aliphatic heterocycles. The lowest BCUT2D eigenvalue weighted by Crippen LogP contribution is -3.00. The highest BCUT2D eigenvalue weighted by Gasteiger charge is 2.23. The molecule has 1 saturated heterocycles. The van der Waals surface area contributed by atoms with E-state index < -0.39 is 0 Å². The van der Waals surface area contributed by atoms with Gasteiger partial charge in [0.25, 0.3) is 0 Å². The van der Waals surface area contributed by atoms with E-state index in [9.17, 15) is 4.79 Å². The molecule has 1 amide bonds. The number of fused-ring (bicyclic) bond motifs is 1. The van der Waals surface area contributed by atoms with Crippen molar-refractivity contribution in [3.8, 4) is 11.5 Å². The third-order valence-electron chi connectivity index (χ3n) is 3.96. The maximum absolute atomic E-state index is 12.2. The highest BCUT2D eigenvalue weighted by molar-refractivity contribution is 5.94. The Labute approximate surface area is 142 Å². The molecule has 1 N–H and O–H groups in total. The van der Waals surface area contributed by atoms with E-state index in [0.29, 0.717) is 31.2 Å². The molecular weight excluding hydrogens is 320 g/mol. The van der Waals surface area contributed by atoms with Gasteiger partial charge in [0.1, 0.15) is 17.6 Å². The van der Waals surface area contributed by atoms with Gasteiger partial charge in [-0.15, -0.1) is 0 Å². The Morgan fingerprint density at radius 1 is 1.39 bits per heavy atom. The van der Waals surface area contributed by atoms with Crippen LogP contribution in [0, 0.1) is 0 Å². The van der Waals surface area contributed by atoms with Crippen molar-refractivity contribution in [3.05, 3.63) is 17.7 Å². The zero-order chi connectivity index (χ0) is 15.5. The number of halogens is 1. The lowest BCUT2D eigenvalue weighted by atomic mass is 10.1. The molecule has 7 heteroatoms. The first-order chi connectivity index (χ1) is 10.7. The standard InChI is InChI=1S/C16H22N2O4.ClH/c1-11-7-12-8-15(20-2)13(9-14(12)22-11)17-16(19)10-18-3-5-21-6-4-18;/h8-9,11H,3-7,10H2,1-2H3,(H,17,19);1H/p-1. The predicted octanol–water partition coefficient (Wildman–Crippen LogP) is -1.71. The molecule has 0 spiro atoms. The van der Waals surface area contributed by atoms with Gasteiger partial charge in [0.05, 0.1) is 32.6 Å². The Morgan fingerprint density at radius 2 is 2.13 bits per heavy atom. The Bertz CT molecular complexity index is 561. The van der Waals surface area contributed by atoms with Gasteiger partial charge in [-0.25, -0.2) is 0 Å². The summed E-state index contributed by atoms with van der Waals surface area (Å²) in [6, 6.07) is 3.80. The van der Waals surface area contributed by atoms with Crippen molar-refractivity contribution in [2.75, 3.05) is 45.3 Å². The summed E-state index contributed by atoms with van der Waals surface area (Å²) in [6.45, 7) is 5.33. The SMILES string of the molecule is COc1cc2c(cc1NC(=O)CN1CCOCC1)OC(C)C2.[Cl-]. The van der Waals surface area contributed by atoms with E-state index in [1.807, 2.05) is 19.1 Å². The molecule has 0 aromatic heterocycles. The molecule has 1 atom stereocenters. The van der Waals surface area contributed by atoms with Crippen LogP contribution in [0.5, 0.6) is 11.5 Å². The van der Waals surface area contributed by atoms with E-state index >= 15 is 0 Å². The fraction of sp³-hybridized carbons (Fsp3) is 0.562. The van der Waals surface area contributed by atoms with Crippen LogP contribution in [0.2, 0.25) is 0 Å². The Morgan fingerprint density at radius 3 is 2.83 bits per heavy atom. The number of nitrogens with one attached hydrogen (secondary N) is 1. The van der Waals surface area contributed by atoms with Crippen LogP contribution in [-0.4, -0.2) is 56.9 Å². The van der Waals surface area contributed by atoms with Crippen LogP contribution in [-0.2, 0) is 16.0 Å². The molecule has 1 aromatic carbocycles. The van der Waals surface area contributed by atoms with Crippen LogP contribution >= 0.6 is 0 Å². The smallest absolute Gasteiger partial charge is 0.238 e. The summed E-state index contributed by atoms with van der Waals surface area (Å²) in [4.78, 5) is 14.3. The largest absolute Gasteiger partial charge is 1.00 e. The molecule has 3 rings (SSSR count). The molecule has 2 aliphatic rings. The third-order valence-corrected chi connectivity index (χ3v) is 3.96. The molecule has 128 valence electrons. The van der Waals surface area contributed by atoms with Gasteiger partial charge in [0.2, 0.25) is 5.91 Å². The van der Waals surface area contributed by atoms with Crippen molar-refractivity contribution < 1.29 is 31.4 Å². The first-order valence-corrected chi connectivity index (χ1v) is 7.63. The van der Waals surface area contributed by atoms with Crippen molar-refractivity contribution in [3.63, 3.8) is 0 Å². The number of anilines is 1. The van der Waals surface area contributed by atoms with Gasteiger partial charge in [0.15, 0.2) is 0 Å². The first kappa shape index (κ1) is 17.8. The third kappa shape index (κ3) is 4.28. The fourth-order valence-electron chi connectivity index (χ4n) is 2.86. The average Bonchev–Trinajstić information content (AvgIpc) is 2.86. The Balaban J connectivity index is 0.00000192. The van der Waals surface area contributed by atoms with E-state index in [1.165, 1.54) is 0 Å². The number of carbonyl (C=O) groups is 1. The Hall–Kier alpha value is -1.50. The van der Waals surface area contributed by atoms with E-state index in [-0.39, 0.29) is 24.4 Å². The molecule has 1 aromatic rings. The van der Waals surface area contributed by atoms with Crippen molar-refractivity contribution in [2.45, 2.75) is 19.4 Å². The second-order valence-electron chi connectivity index (χ2n) is 5.73. The first-order valence-electron chi connectivity index (χ1n) is 7.63. The van der Waals surface area contributed by atoms with Gasteiger partial charge in [-0.1, -0.05) is 0 Å². The second-order valence-corrected chi connectivity index (χ2v) is 5.73. The Kier molecular flexibility index (Phi) is 6.10. The number of hydrogen-bond donors (Lipinski definition) is 1. The van der Waals surface area contributed by atoms with Gasteiger partial charge in [-0.2, -0.15) is 0 Å². The minimum Gasteiger partial charge on any atom is -1.00 e. The quantitative estimate of drug-likeness (QED) is 0.707. The van der Waals surface area contributed by atoms with Gasteiger partial charge < -0.3 is 31.9 Å². The molecule has 0 bridgehead atoms. The topological polar surface area (TPSA) is 60.0 Å². The van der Waals surface area contributed by atoms with Crippen molar-refractivity contribution in [1.29, 1.82) is 0 Å². The summed E-state index contributed by atoms with van der Waals surface area (Å²) in [5, 5.41) is 2.93. The molecule has 1 fully saturated rings. The summed E-state index contributed by atoms with van der Waals surface area (Å²) >= 11 is 0. The minimum atomic E-state index is -0.0498. The molecular formula is C16H22ClN2O4-. The molecule has 2 heterocycles. The van der Waals surface area contributed by atoms with E-state index in [0.717, 1.165) is 30.8 Å². The van der Waals surface area contributed by atoms with Crippen LogP contribution in [0.1, 0.15) is 12.5 Å². The summed E-state index contributed by atoms with van der Waals surface area (Å²) in [5.41, 5.74) is 1.78. The number of hydrogen-bond acceptors (Lipinski definition) is 5. The number of ether oxygens (including phenoxy) is 3. The van der Waals surface area contributed by atoms with Crippen molar-refractivity contribution >= 4 is 11.6 Å². The molecule has 0 radical (unpaired) electrons. The van der Waals surface area contributed by atoms with E-state index in [2.05, 4.69) is 10.2 Å². The number of amides is 1. The predicted molar refractivity (Wildman–Crippen MR) is 82.7 cm³/mol. The van der Waals surface area contributed by atoms with Gasteiger partial charge in [0, 0.05) is 31.1 Å². The zero-order valence-electron chi connectivity index (χ0n) is 13.4. The second kappa shape index (κ2) is 7.86. The van der Waals surface area contributed by atoms with Crippen molar-refractivity contribution in [2.24, 2.45) is 0 Å². The molecule has 1 unspecified atom stereocenters. The lowest BCUT2D eigenvalue weighted by molar-refractivity contribution is -0.118. The summed E-state index contributed by atoms with van der Waals surface area (Å²) in [6.07, 6.45) is 1.03. The van der Waals surface area contributed by atoms with Gasteiger partial charge in [-0.3, -0.25) is 9.69 Å². The maximum atomic E-state index is 12.2. The highest BCUT2D eigenvalue weighted by atomic mass is 35.5. The van der Waals surface area contributed by atoms with Crippen LogP contribution in [0.15, 0.2) is 12.1 Å². The van der Waals surface area contributed by atoms with Crippen LogP contribution in [0.4, 0.5) is 5.69 Å². The van der Waals surface area contributed by atoms with Crippen LogP contribution in [0.3, 0.4) is 0 Å². The number of rotatable bonds is 4. The summed E-state index contributed by atoms with van der Waals surface area (Å²) in [5.74, 6) is 1.45. The monoisotopic (exact) mass is 341 g/mol. The average molecular weight is 342 g/mol. The number of morpholine rings is 1. The number of nitrogens with zero attached hydrogens (tertiary/aromatic N) is 1. The van der Waals surface area contributed by atoms with Gasteiger partial charge >= 0.3 is 0 Å². The molecule has 23 heavy (non-hydrogen) atoms. The zero-order valence-corrected chi connectivity index (χ0v) is 14.2. The number of methoxy groups -OCH3 is 1. The summed E-state index contributed by atoms with van der Waals surface area (Å²) in [7, 11) is 1.61. The van der Waals surface area contributed by atoms with Crippen molar-refractivity contribution in [1.82, 2.24) is 4.90 Å². The maximum Gasteiger partial charge on any atom is 0.238 e. The molecule has 0 saturated carbocycles.